The van der Waals surface area contributed by atoms with Crippen LogP contribution in [-0.2, 0) is 24.3 Å². The third kappa shape index (κ3) is 8.25. The van der Waals surface area contributed by atoms with E-state index in [1.165, 1.54) is 19.3 Å². The molecule has 1 aromatic rings. The molecule has 1 heterocycles. The number of ether oxygens (including phenoxy) is 2. The van der Waals surface area contributed by atoms with Gasteiger partial charge in [0.05, 0.1) is 32.1 Å². The number of carbonyl (C=O) groups is 1. The first-order valence-corrected chi connectivity index (χ1v) is 10.8. The molecular weight excluding hydrogens is 370 g/mol. The Morgan fingerprint density at radius 3 is 2.44 bits per heavy atom. The highest BCUT2D eigenvalue weighted by Crippen LogP contribution is 2.21. The molecule has 9 heteroatoms. The number of sulfonamides is 1. The minimum atomic E-state index is -3.56. The molecule has 152 valence electrons. The van der Waals surface area contributed by atoms with Gasteiger partial charge >= 0.3 is 0 Å². The fourth-order valence-corrected chi connectivity index (χ4v) is 3.61. The van der Waals surface area contributed by atoms with Crippen molar-refractivity contribution in [3.8, 4) is 0 Å². The Bertz CT molecular complexity index is 673. The highest BCUT2D eigenvalue weighted by molar-refractivity contribution is 7.89. The Morgan fingerprint density at radius 2 is 1.78 bits per heavy atom. The molecule has 0 saturated carbocycles. The van der Waals surface area contributed by atoms with Gasteiger partial charge in [-0.2, -0.15) is 0 Å². The maximum Gasteiger partial charge on any atom is 0.239 e. The fraction of sp³-hybridized carbons (Fsp3) is 0.611. The molecule has 1 aliphatic rings. The Labute approximate surface area is 161 Å². The molecule has 0 unspecified atom stereocenters. The third-order valence-corrected chi connectivity index (χ3v) is 5.54. The van der Waals surface area contributed by atoms with E-state index in [4.69, 9.17) is 9.47 Å². The summed E-state index contributed by atoms with van der Waals surface area (Å²) in [4.78, 5) is 14.3. The maximum atomic E-state index is 12.0. The minimum absolute atomic E-state index is 0.0538. The first kappa shape index (κ1) is 21.6. The molecule has 0 radical (unpaired) electrons. The lowest BCUT2D eigenvalue weighted by molar-refractivity contribution is -0.115. The molecule has 8 nitrogen and oxygen atoms in total. The SMILES string of the molecule is COCCOCCS(=O)(=O)NCC(=O)Nc1ccc(N2CCCCC2)cc1. The number of hydrogen-bond acceptors (Lipinski definition) is 6. The van der Waals surface area contributed by atoms with Gasteiger partial charge in [-0.25, -0.2) is 13.1 Å². The van der Waals surface area contributed by atoms with Crippen LogP contribution in [0.15, 0.2) is 24.3 Å². The van der Waals surface area contributed by atoms with Crippen molar-refractivity contribution in [2.75, 3.05) is 62.5 Å². The third-order valence-electron chi connectivity index (χ3n) is 4.25. The molecule has 2 N–H and O–H groups in total. The number of nitrogens with zero attached hydrogens (tertiary/aromatic N) is 1. The number of anilines is 2. The topological polar surface area (TPSA) is 97.0 Å². The lowest BCUT2D eigenvalue weighted by Gasteiger charge is -2.28. The molecule has 0 bridgehead atoms. The first-order valence-electron chi connectivity index (χ1n) is 9.19. The van der Waals surface area contributed by atoms with Crippen LogP contribution in [0.4, 0.5) is 11.4 Å². The first-order chi connectivity index (χ1) is 13.0. The number of carbonyl (C=O) groups excluding carboxylic acids is 1. The van der Waals surface area contributed by atoms with E-state index < -0.39 is 15.9 Å². The van der Waals surface area contributed by atoms with E-state index in [0.717, 1.165) is 18.8 Å². The summed E-state index contributed by atoms with van der Waals surface area (Å²) in [5, 5.41) is 2.70. The van der Waals surface area contributed by atoms with Crippen molar-refractivity contribution in [1.82, 2.24) is 4.72 Å². The van der Waals surface area contributed by atoms with Crippen molar-refractivity contribution >= 4 is 27.3 Å². The second kappa shape index (κ2) is 11.2. The van der Waals surface area contributed by atoms with E-state index in [2.05, 4.69) is 14.9 Å². The smallest absolute Gasteiger partial charge is 0.239 e. The fourth-order valence-electron chi connectivity index (χ4n) is 2.77. The van der Waals surface area contributed by atoms with Crippen molar-refractivity contribution in [3.05, 3.63) is 24.3 Å². The zero-order chi connectivity index (χ0) is 19.5. The molecule has 0 atom stereocenters. The van der Waals surface area contributed by atoms with Crippen molar-refractivity contribution < 1.29 is 22.7 Å². The lowest BCUT2D eigenvalue weighted by Crippen LogP contribution is -2.35. The maximum absolute atomic E-state index is 12.0. The number of hydrogen-bond donors (Lipinski definition) is 2. The predicted molar refractivity (Wildman–Crippen MR) is 106 cm³/mol. The lowest BCUT2D eigenvalue weighted by atomic mass is 10.1. The second-order valence-electron chi connectivity index (χ2n) is 6.39. The zero-order valence-corrected chi connectivity index (χ0v) is 16.6. The average molecular weight is 400 g/mol. The van der Waals surface area contributed by atoms with Crippen LogP contribution in [0.5, 0.6) is 0 Å². The largest absolute Gasteiger partial charge is 0.382 e. The number of benzene rings is 1. The zero-order valence-electron chi connectivity index (χ0n) is 15.8. The Balaban J connectivity index is 1.71. The van der Waals surface area contributed by atoms with E-state index in [1.807, 2.05) is 24.3 Å². The van der Waals surface area contributed by atoms with Gasteiger partial charge in [-0.15, -0.1) is 0 Å². The van der Waals surface area contributed by atoms with Gasteiger partial charge in [-0.1, -0.05) is 0 Å². The number of nitrogens with one attached hydrogen (secondary N) is 2. The van der Waals surface area contributed by atoms with E-state index >= 15 is 0 Å². The Hall–Kier alpha value is -1.68. The normalized spacial score (nSPS) is 14.9. The van der Waals surface area contributed by atoms with Gasteiger partial charge < -0.3 is 19.7 Å². The summed E-state index contributed by atoms with van der Waals surface area (Å²) in [7, 11) is -2.02. The number of amides is 1. The number of piperidine rings is 1. The van der Waals surface area contributed by atoms with Gasteiger partial charge in [0.2, 0.25) is 15.9 Å². The van der Waals surface area contributed by atoms with Crippen molar-refractivity contribution in [1.29, 1.82) is 0 Å². The van der Waals surface area contributed by atoms with Crippen molar-refractivity contribution in [2.45, 2.75) is 19.3 Å². The summed E-state index contributed by atoms with van der Waals surface area (Å²) in [6.07, 6.45) is 3.69. The van der Waals surface area contributed by atoms with Crippen LogP contribution in [-0.4, -0.2) is 66.6 Å². The molecular formula is C18H29N3O5S. The van der Waals surface area contributed by atoms with E-state index in [-0.39, 0.29) is 18.9 Å². The van der Waals surface area contributed by atoms with Crippen LogP contribution < -0.4 is 14.9 Å². The van der Waals surface area contributed by atoms with Gasteiger partial charge in [0, 0.05) is 31.6 Å². The van der Waals surface area contributed by atoms with E-state index in [9.17, 15) is 13.2 Å². The van der Waals surface area contributed by atoms with Gasteiger partial charge in [0.25, 0.3) is 0 Å². The summed E-state index contributed by atoms with van der Waals surface area (Å²) in [5.74, 6) is -0.612. The highest BCUT2D eigenvalue weighted by atomic mass is 32.2. The quantitative estimate of drug-likeness (QED) is 0.543. The Kier molecular flexibility index (Phi) is 8.99. The molecule has 1 fully saturated rings. The van der Waals surface area contributed by atoms with Gasteiger partial charge in [0.15, 0.2) is 0 Å². The van der Waals surface area contributed by atoms with Crippen LogP contribution in [0.1, 0.15) is 19.3 Å². The summed E-state index contributed by atoms with van der Waals surface area (Å²) >= 11 is 0. The monoisotopic (exact) mass is 399 g/mol. The number of methoxy groups -OCH3 is 1. The average Bonchev–Trinajstić information content (AvgIpc) is 2.68. The standard InChI is InChI=1S/C18H29N3O5S/c1-25-11-12-26-13-14-27(23,24)19-15-18(22)20-16-5-7-17(8-6-16)21-9-3-2-4-10-21/h5-8,19H,2-4,9-15H2,1H3,(H,20,22). The second-order valence-corrected chi connectivity index (χ2v) is 8.31. The molecule has 1 saturated heterocycles. The highest BCUT2D eigenvalue weighted by Gasteiger charge is 2.13. The summed E-state index contributed by atoms with van der Waals surface area (Å²) in [6.45, 7) is 2.60. The van der Waals surface area contributed by atoms with Crippen molar-refractivity contribution in [2.24, 2.45) is 0 Å². The van der Waals surface area contributed by atoms with E-state index in [1.54, 1.807) is 7.11 Å². The molecule has 2 rings (SSSR count). The van der Waals surface area contributed by atoms with Crippen molar-refractivity contribution in [3.63, 3.8) is 0 Å². The van der Waals surface area contributed by atoms with Gasteiger partial charge in [-0.05, 0) is 43.5 Å². The molecule has 0 aliphatic carbocycles. The predicted octanol–water partition coefficient (Wildman–Crippen LogP) is 1.20. The number of rotatable bonds is 11. The van der Waals surface area contributed by atoms with Crippen LogP contribution >= 0.6 is 0 Å². The van der Waals surface area contributed by atoms with Crippen LogP contribution in [0, 0.1) is 0 Å². The molecule has 1 aliphatic heterocycles. The summed E-state index contributed by atoms with van der Waals surface area (Å²) in [5.41, 5.74) is 1.78. The van der Waals surface area contributed by atoms with Crippen LogP contribution in [0.25, 0.3) is 0 Å². The molecule has 1 aromatic carbocycles. The molecule has 27 heavy (non-hydrogen) atoms. The van der Waals surface area contributed by atoms with Crippen LogP contribution in [0.3, 0.4) is 0 Å². The summed E-state index contributed by atoms with van der Waals surface area (Å²) in [6, 6.07) is 7.62. The van der Waals surface area contributed by atoms with E-state index in [0.29, 0.717) is 18.9 Å². The Morgan fingerprint density at radius 1 is 1.07 bits per heavy atom. The summed E-state index contributed by atoms with van der Waals surface area (Å²) < 4.78 is 35.9. The van der Waals surface area contributed by atoms with Gasteiger partial charge in [0.1, 0.15) is 0 Å². The minimum Gasteiger partial charge on any atom is -0.382 e. The molecule has 0 spiro atoms. The van der Waals surface area contributed by atoms with Gasteiger partial charge in [-0.3, -0.25) is 4.79 Å². The molecule has 0 aromatic heterocycles. The van der Waals surface area contributed by atoms with Crippen LogP contribution in [0.2, 0.25) is 0 Å². The molecule has 1 amide bonds.